The molecule has 0 aliphatic heterocycles. The first-order valence-corrected chi connectivity index (χ1v) is 7.56. The van der Waals surface area contributed by atoms with Gasteiger partial charge in [-0.2, -0.15) is 0 Å². The van der Waals surface area contributed by atoms with Crippen molar-refractivity contribution in [3.63, 3.8) is 0 Å². The third-order valence-corrected chi connectivity index (χ3v) is 4.96. The van der Waals surface area contributed by atoms with Crippen LogP contribution < -0.4 is 5.32 Å². The summed E-state index contributed by atoms with van der Waals surface area (Å²) in [5.41, 5.74) is 1.31. The molecule has 3 atom stereocenters. The maximum absolute atomic E-state index is 4.38. The minimum absolute atomic E-state index is 0.944. The van der Waals surface area contributed by atoms with Gasteiger partial charge in [-0.25, -0.2) is 4.98 Å². The Morgan fingerprint density at radius 3 is 2.79 bits per heavy atom. The Hall–Kier alpha value is -1.09. The zero-order valence-corrected chi connectivity index (χ0v) is 12.1. The summed E-state index contributed by atoms with van der Waals surface area (Å²) in [5.74, 6) is 3.98. The van der Waals surface area contributed by atoms with Gasteiger partial charge in [0.25, 0.3) is 0 Å². The maximum atomic E-state index is 4.38. The van der Waals surface area contributed by atoms with Crippen molar-refractivity contribution in [2.45, 2.75) is 32.2 Å². The summed E-state index contributed by atoms with van der Waals surface area (Å²) in [6.07, 6.45) is 7.97. The van der Waals surface area contributed by atoms with Gasteiger partial charge in [-0.3, -0.25) is 0 Å². The van der Waals surface area contributed by atoms with Gasteiger partial charge in [0, 0.05) is 26.3 Å². The van der Waals surface area contributed by atoms with Crippen molar-refractivity contribution in [2.75, 3.05) is 26.0 Å². The lowest BCUT2D eigenvalue weighted by Crippen LogP contribution is -2.28. The van der Waals surface area contributed by atoms with Crippen LogP contribution in [0.4, 0.5) is 5.82 Å². The topological polar surface area (TPSA) is 28.2 Å². The molecule has 3 heteroatoms. The van der Waals surface area contributed by atoms with Crippen LogP contribution in [0.1, 0.15) is 31.2 Å². The highest BCUT2D eigenvalue weighted by atomic mass is 15.1. The minimum atomic E-state index is 0.944. The van der Waals surface area contributed by atoms with E-state index in [2.05, 4.69) is 34.4 Å². The molecule has 2 aliphatic carbocycles. The molecule has 1 N–H and O–H groups in total. The van der Waals surface area contributed by atoms with E-state index in [0.717, 1.165) is 30.1 Å². The fraction of sp³-hybridized carbons (Fsp3) is 0.688. The van der Waals surface area contributed by atoms with Crippen molar-refractivity contribution in [2.24, 2.45) is 17.8 Å². The Labute approximate surface area is 116 Å². The van der Waals surface area contributed by atoms with Crippen LogP contribution in [0.3, 0.4) is 0 Å². The monoisotopic (exact) mass is 259 g/mol. The molecule has 0 aromatic carbocycles. The molecule has 0 spiro atoms. The third kappa shape index (κ3) is 2.92. The molecule has 0 saturated heterocycles. The van der Waals surface area contributed by atoms with Gasteiger partial charge in [0.05, 0.1) is 0 Å². The van der Waals surface area contributed by atoms with Crippen molar-refractivity contribution in [3.05, 3.63) is 23.9 Å². The first-order valence-electron chi connectivity index (χ1n) is 7.56. The number of fused-ring (bicyclic) bond motifs is 2. The molecule has 1 aromatic rings. The molecule has 0 amide bonds. The highest BCUT2D eigenvalue weighted by Crippen LogP contribution is 2.48. The van der Waals surface area contributed by atoms with Gasteiger partial charge in [-0.15, -0.1) is 0 Å². The summed E-state index contributed by atoms with van der Waals surface area (Å²) in [6, 6.07) is 4.23. The van der Waals surface area contributed by atoms with Gasteiger partial charge in [0.15, 0.2) is 0 Å². The molecule has 19 heavy (non-hydrogen) atoms. The second-order valence-corrected chi connectivity index (χ2v) is 6.43. The quantitative estimate of drug-likeness (QED) is 0.881. The van der Waals surface area contributed by atoms with Crippen molar-refractivity contribution in [1.29, 1.82) is 0 Å². The van der Waals surface area contributed by atoms with E-state index in [1.807, 2.05) is 13.2 Å². The van der Waals surface area contributed by atoms with Gasteiger partial charge in [0.2, 0.25) is 0 Å². The molecule has 3 rings (SSSR count). The summed E-state index contributed by atoms with van der Waals surface area (Å²) in [7, 11) is 4.15. The predicted octanol–water partition coefficient (Wildman–Crippen LogP) is 2.99. The van der Waals surface area contributed by atoms with E-state index < -0.39 is 0 Å². The number of hydrogen-bond donors (Lipinski definition) is 1. The Balaban J connectivity index is 1.51. The fourth-order valence-corrected chi connectivity index (χ4v) is 4.04. The number of anilines is 1. The van der Waals surface area contributed by atoms with E-state index in [1.165, 1.54) is 37.8 Å². The Morgan fingerprint density at radius 1 is 1.32 bits per heavy atom. The van der Waals surface area contributed by atoms with Crippen LogP contribution in [0, 0.1) is 17.8 Å². The van der Waals surface area contributed by atoms with E-state index in [1.54, 1.807) is 0 Å². The fourth-order valence-electron chi connectivity index (χ4n) is 4.04. The third-order valence-electron chi connectivity index (χ3n) is 4.96. The molecular weight excluding hydrogens is 234 g/mol. The van der Waals surface area contributed by atoms with E-state index in [0.29, 0.717) is 0 Å². The summed E-state index contributed by atoms with van der Waals surface area (Å²) >= 11 is 0. The minimum Gasteiger partial charge on any atom is -0.373 e. The van der Waals surface area contributed by atoms with Crippen LogP contribution in [-0.4, -0.2) is 30.5 Å². The summed E-state index contributed by atoms with van der Waals surface area (Å²) in [5, 5.41) is 3.06. The number of nitrogens with zero attached hydrogens (tertiary/aromatic N) is 2. The highest BCUT2D eigenvalue weighted by molar-refractivity contribution is 5.34. The lowest BCUT2D eigenvalue weighted by atomic mass is 9.88. The largest absolute Gasteiger partial charge is 0.373 e. The van der Waals surface area contributed by atoms with Crippen LogP contribution in [0.2, 0.25) is 0 Å². The van der Waals surface area contributed by atoms with E-state index >= 15 is 0 Å². The maximum Gasteiger partial charge on any atom is 0.125 e. The second kappa shape index (κ2) is 5.49. The molecule has 0 radical (unpaired) electrons. The predicted molar refractivity (Wildman–Crippen MR) is 79.1 cm³/mol. The highest BCUT2D eigenvalue weighted by Gasteiger charge is 2.39. The Morgan fingerprint density at radius 2 is 2.21 bits per heavy atom. The number of hydrogen-bond acceptors (Lipinski definition) is 3. The average molecular weight is 259 g/mol. The van der Waals surface area contributed by atoms with E-state index in [9.17, 15) is 0 Å². The van der Waals surface area contributed by atoms with E-state index in [-0.39, 0.29) is 0 Å². The standard InChI is InChI=1S/C16H25N3/c1-17-16-6-4-13(9-18-16)10-19(2)11-15-8-12-3-5-14(15)7-12/h4,6,9,12,14-15H,3,5,7-8,10-11H2,1-2H3,(H,17,18). The average Bonchev–Trinajstić information content (AvgIpc) is 3.02. The molecular formula is C16H25N3. The van der Waals surface area contributed by atoms with Crippen LogP contribution in [-0.2, 0) is 6.54 Å². The van der Waals surface area contributed by atoms with Gasteiger partial charge in [-0.05, 0) is 55.7 Å². The van der Waals surface area contributed by atoms with Crippen molar-refractivity contribution >= 4 is 5.82 Å². The molecule has 104 valence electrons. The molecule has 2 saturated carbocycles. The molecule has 3 nitrogen and oxygen atoms in total. The Kier molecular flexibility index (Phi) is 3.74. The molecule has 2 aliphatic rings. The van der Waals surface area contributed by atoms with Gasteiger partial charge >= 0.3 is 0 Å². The molecule has 3 unspecified atom stereocenters. The first-order chi connectivity index (χ1) is 9.24. The normalized spacial score (nSPS) is 29.1. The number of pyridine rings is 1. The van der Waals surface area contributed by atoms with Crippen molar-refractivity contribution < 1.29 is 0 Å². The van der Waals surface area contributed by atoms with Crippen molar-refractivity contribution in [1.82, 2.24) is 9.88 Å². The van der Waals surface area contributed by atoms with Crippen LogP contribution in [0.5, 0.6) is 0 Å². The second-order valence-electron chi connectivity index (χ2n) is 6.43. The lowest BCUT2D eigenvalue weighted by Gasteiger charge is -2.27. The zero-order chi connectivity index (χ0) is 13.2. The smallest absolute Gasteiger partial charge is 0.125 e. The number of aromatic nitrogens is 1. The van der Waals surface area contributed by atoms with E-state index in [4.69, 9.17) is 0 Å². The molecule has 2 bridgehead atoms. The first kappa shape index (κ1) is 12.9. The van der Waals surface area contributed by atoms with Crippen molar-refractivity contribution in [3.8, 4) is 0 Å². The van der Waals surface area contributed by atoms with Crippen LogP contribution >= 0.6 is 0 Å². The van der Waals surface area contributed by atoms with Gasteiger partial charge in [0.1, 0.15) is 5.82 Å². The summed E-state index contributed by atoms with van der Waals surface area (Å²) in [4.78, 5) is 6.86. The SMILES string of the molecule is CNc1ccc(CN(C)CC2CC3CCC2C3)cn1. The van der Waals surface area contributed by atoms with Gasteiger partial charge < -0.3 is 10.2 Å². The lowest BCUT2D eigenvalue weighted by molar-refractivity contribution is 0.214. The summed E-state index contributed by atoms with van der Waals surface area (Å²) in [6.45, 7) is 2.28. The number of nitrogens with one attached hydrogen (secondary N) is 1. The van der Waals surface area contributed by atoms with Crippen LogP contribution in [0.25, 0.3) is 0 Å². The zero-order valence-electron chi connectivity index (χ0n) is 12.1. The number of rotatable bonds is 5. The molecule has 1 aromatic heterocycles. The summed E-state index contributed by atoms with van der Waals surface area (Å²) < 4.78 is 0. The Bertz CT molecular complexity index is 415. The van der Waals surface area contributed by atoms with Gasteiger partial charge in [-0.1, -0.05) is 12.5 Å². The van der Waals surface area contributed by atoms with Crippen LogP contribution in [0.15, 0.2) is 18.3 Å². The molecule has 2 fully saturated rings. The molecule has 1 heterocycles.